The third-order valence-corrected chi connectivity index (χ3v) is 8.77. The highest BCUT2D eigenvalue weighted by molar-refractivity contribution is 8.02. The van der Waals surface area contributed by atoms with Crippen molar-refractivity contribution < 1.29 is 0 Å². The smallest absolute Gasteiger partial charge is 0.0187 e. The molecule has 2 heteroatoms. The molecular formula is C27H36S2. The van der Waals surface area contributed by atoms with Gasteiger partial charge < -0.3 is 0 Å². The number of rotatable bonds is 0. The first kappa shape index (κ1) is 21.4. The van der Waals surface area contributed by atoms with Crippen LogP contribution in [-0.2, 0) is 41.6 Å². The van der Waals surface area contributed by atoms with Gasteiger partial charge in [0.25, 0.3) is 0 Å². The van der Waals surface area contributed by atoms with Crippen molar-refractivity contribution in [1.29, 1.82) is 0 Å². The summed E-state index contributed by atoms with van der Waals surface area (Å²) in [6, 6.07) is 10.1. The van der Waals surface area contributed by atoms with Crippen molar-refractivity contribution in [2.75, 3.05) is 11.5 Å². The summed E-state index contributed by atoms with van der Waals surface area (Å²) >= 11 is 4.25. The van der Waals surface area contributed by atoms with Crippen LogP contribution in [0, 0.1) is 0 Å². The van der Waals surface area contributed by atoms with E-state index < -0.39 is 0 Å². The Labute approximate surface area is 186 Å². The van der Waals surface area contributed by atoms with Gasteiger partial charge in [0.05, 0.1) is 0 Å². The molecule has 0 radical (unpaired) electrons. The van der Waals surface area contributed by atoms with Crippen molar-refractivity contribution in [3.63, 3.8) is 0 Å². The van der Waals surface area contributed by atoms with Crippen LogP contribution in [0.1, 0.15) is 86.1 Å². The summed E-state index contributed by atoms with van der Waals surface area (Å²) < 4.78 is 0. The molecule has 1 aliphatic heterocycles. The zero-order valence-electron chi connectivity index (χ0n) is 19.1. The van der Waals surface area contributed by atoms with Crippen LogP contribution in [0.5, 0.6) is 0 Å². The van der Waals surface area contributed by atoms with Crippen molar-refractivity contribution >= 4 is 23.5 Å². The molecule has 0 spiro atoms. The molecule has 1 aliphatic carbocycles. The normalized spacial score (nSPS) is 17.4. The molecule has 2 aromatic rings. The fourth-order valence-corrected chi connectivity index (χ4v) is 6.80. The lowest BCUT2D eigenvalue weighted by molar-refractivity contribution is 0.588. The quantitative estimate of drug-likeness (QED) is 0.430. The lowest BCUT2D eigenvalue weighted by Gasteiger charge is -2.24. The molecule has 0 N–H and O–H groups in total. The van der Waals surface area contributed by atoms with E-state index in [1.807, 2.05) is 0 Å². The van der Waals surface area contributed by atoms with E-state index in [0.717, 1.165) is 6.42 Å². The molecule has 0 saturated heterocycles. The molecule has 29 heavy (non-hydrogen) atoms. The fourth-order valence-electron chi connectivity index (χ4n) is 4.61. The highest BCUT2D eigenvalue weighted by atomic mass is 32.2. The van der Waals surface area contributed by atoms with Crippen molar-refractivity contribution in [2.24, 2.45) is 0 Å². The molecule has 156 valence electrons. The van der Waals surface area contributed by atoms with Crippen LogP contribution in [0.15, 0.2) is 24.3 Å². The van der Waals surface area contributed by atoms with Crippen molar-refractivity contribution in [3.05, 3.63) is 68.8 Å². The highest BCUT2D eigenvalue weighted by Crippen LogP contribution is 2.38. The molecule has 4 rings (SSSR count). The monoisotopic (exact) mass is 424 g/mol. The van der Waals surface area contributed by atoms with Gasteiger partial charge in [-0.05, 0) is 74.6 Å². The Morgan fingerprint density at radius 1 is 0.586 bits per heavy atom. The predicted molar refractivity (Wildman–Crippen MR) is 133 cm³/mol. The first-order valence-corrected chi connectivity index (χ1v) is 13.4. The molecule has 1 heterocycles. The summed E-state index contributed by atoms with van der Waals surface area (Å²) in [5, 5.41) is 0. The van der Waals surface area contributed by atoms with Crippen molar-refractivity contribution in [1.82, 2.24) is 0 Å². The molecule has 0 aromatic heterocycles. The SMILES string of the molecule is CC(C)(C)c1cc2c3c(c1)Cc1cc(C(C)(C)C)cc(c1CC3)CSCCSC2. The summed E-state index contributed by atoms with van der Waals surface area (Å²) in [4.78, 5) is 0. The largest absolute Gasteiger partial charge is 0.156 e. The zero-order chi connectivity index (χ0) is 20.8. The van der Waals surface area contributed by atoms with Crippen LogP contribution in [0.3, 0.4) is 0 Å². The Bertz CT molecular complexity index is 834. The van der Waals surface area contributed by atoms with E-state index in [4.69, 9.17) is 0 Å². The van der Waals surface area contributed by atoms with Gasteiger partial charge in [0.1, 0.15) is 0 Å². The van der Waals surface area contributed by atoms with Gasteiger partial charge in [0, 0.05) is 23.0 Å². The summed E-state index contributed by atoms with van der Waals surface area (Å²) in [5.41, 5.74) is 13.1. The third-order valence-electron chi connectivity index (χ3n) is 6.49. The average molecular weight is 425 g/mol. The Morgan fingerprint density at radius 2 is 0.966 bits per heavy atom. The van der Waals surface area contributed by atoms with E-state index in [9.17, 15) is 0 Å². The summed E-state index contributed by atoms with van der Waals surface area (Å²) in [5.74, 6) is 4.84. The van der Waals surface area contributed by atoms with Gasteiger partial charge in [0.2, 0.25) is 0 Å². The van der Waals surface area contributed by atoms with Crippen molar-refractivity contribution in [3.8, 4) is 0 Å². The van der Waals surface area contributed by atoms with Crippen LogP contribution in [0.25, 0.3) is 0 Å². The second-order valence-electron chi connectivity index (χ2n) is 10.8. The molecular weight excluding hydrogens is 388 g/mol. The molecule has 2 bridgehead atoms. The van der Waals surface area contributed by atoms with Gasteiger partial charge in [0.15, 0.2) is 0 Å². The molecule has 2 aliphatic rings. The van der Waals surface area contributed by atoms with Crippen LogP contribution in [0.4, 0.5) is 0 Å². The molecule has 0 unspecified atom stereocenters. The van der Waals surface area contributed by atoms with E-state index in [1.54, 1.807) is 33.4 Å². The minimum atomic E-state index is 0.200. The van der Waals surface area contributed by atoms with Crippen LogP contribution < -0.4 is 0 Å². The lowest BCUT2D eigenvalue weighted by atomic mass is 9.81. The minimum absolute atomic E-state index is 0.200. The Kier molecular flexibility index (Phi) is 5.90. The molecule has 0 fully saturated rings. The van der Waals surface area contributed by atoms with Crippen LogP contribution in [-0.4, -0.2) is 11.5 Å². The molecule has 0 amide bonds. The zero-order valence-corrected chi connectivity index (χ0v) is 20.7. The van der Waals surface area contributed by atoms with E-state index in [0.29, 0.717) is 0 Å². The van der Waals surface area contributed by atoms with Gasteiger partial charge >= 0.3 is 0 Å². The molecule has 0 saturated carbocycles. The van der Waals surface area contributed by atoms with Crippen LogP contribution >= 0.6 is 23.5 Å². The lowest BCUT2D eigenvalue weighted by Crippen LogP contribution is -2.14. The number of hydrogen-bond acceptors (Lipinski definition) is 2. The Morgan fingerprint density at radius 3 is 1.34 bits per heavy atom. The number of benzene rings is 2. The van der Waals surface area contributed by atoms with E-state index >= 15 is 0 Å². The topological polar surface area (TPSA) is 0 Å². The number of thioether (sulfide) groups is 2. The Balaban J connectivity index is 1.91. The first-order chi connectivity index (χ1) is 13.6. The summed E-state index contributed by atoms with van der Waals surface area (Å²) in [6.07, 6.45) is 3.51. The maximum absolute atomic E-state index is 2.54. The maximum atomic E-state index is 2.54. The van der Waals surface area contributed by atoms with E-state index in [1.165, 1.54) is 47.0 Å². The Hall–Kier alpha value is -0.860. The minimum Gasteiger partial charge on any atom is -0.156 e. The second-order valence-corrected chi connectivity index (χ2v) is 13.0. The fraction of sp³-hybridized carbons (Fsp3) is 0.556. The van der Waals surface area contributed by atoms with Crippen molar-refractivity contribution in [2.45, 2.75) is 83.1 Å². The van der Waals surface area contributed by atoms with Gasteiger partial charge in [-0.25, -0.2) is 0 Å². The van der Waals surface area contributed by atoms with Gasteiger partial charge in [-0.1, -0.05) is 65.8 Å². The van der Waals surface area contributed by atoms with Gasteiger partial charge in [-0.2, -0.15) is 23.5 Å². The third kappa shape index (κ3) is 4.59. The number of fused-ring (bicyclic) bond motifs is 1. The van der Waals surface area contributed by atoms with Crippen LogP contribution in [0.2, 0.25) is 0 Å². The predicted octanol–water partition coefficient (Wildman–Crippen LogP) is 7.45. The molecule has 2 aromatic carbocycles. The summed E-state index contributed by atoms with van der Waals surface area (Å²) in [6.45, 7) is 14.1. The first-order valence-electron chi connectivity index (χ1n) is 11.1. The number of hydrogen-bond donors (Lipinski definition) is 0. The van der Waals surface area contributed by atoms with Gasteiger partial charge in [-0.15, -0.1) is 0 Å². The van der Waals surface area contributed by atoms with Gasteiger partial charge in [-0.3, -0.25) is 0 Å². The standard InChI is InChI=1S/C27H36S2/c1-26(2,3)22-12-18-11-19-13-23(27(4,5)6)15-21-17-29-10-9-28-16-20(14-22)24(18)7-8-25(19)21/h12-15H,7-11,16-17H2,1-6H3. The van der Waals surface area contributed by atoms with E-state index in [2.05, 4.69) is 89.3 Å². The molecule has 0 nitrogen and oxygen atoms in total. The summed E-state index contributed by atoms with van der Waals surface area (Å²) in [7, 11) is 0. The second kappa shape index (κ2) is 8.00. The highest BCUT2D eigenvalue weighted by Gasteiger charge is 2.25. The van der Waals surface area contributed by atoms with E-state index in [-0.39, 0.29) is 10.8 Å². The maximum Gasteiger partial charge on any atom is 0.0187 e. The average Bonchev–Trinajstić information content (AvgIpc) is 2.80. The molecule has 0 atom stereocenters.